The molecule has 0 spiro atoms. The number of nitrogens with zero attached hydrogens (tertiary/aromatic N) is 1. The number of allylic oxidation sites excluding steroid dienone is 1. The topological polar surface area (TPSA) is 60.2 Å². The summed E-state index contributed by atoms with van der Waals surface area (Å²) in [5, 5.41) is 11.2. The molecule has 0 N–H and O–H groups in total. The largest absolute Gasteiger partial charge is 0.289 e. The summed E-state index contributed by atoms with van der Waals surface area (Å²) < 4.78 is 0. The predicted octanol–water partition coefficient (Wildman–Crippen LogP) is 4.53. The Kier molecular flexibility index (Phi) is 4.50. The molecule has 21 heavy (non-hydrogen) atoms. The van der Waals surface area contributed by atoms with Gasteiger partial charge in [-0.2, -0.15) is 0 Å². The normalized spacial score (nSPS) is 11.2. The van der Waals surface area contributed by atoms with Crippen LogP contribution in [0.25, 0.3) is 6.08 Å². The molecule has 2 aromatic carbocycles. The van der Waals surface area contributed by atoms with E-state index in [4.69, 9.17) is 11.6 Å². The minimum atomic E-state index is -0.459. The van der Waals surface area contributed by atoms with Gasteiger partial charge in [0.25, 0.3) is 5.69 Å². The zero-order valence-corrected chi connectivity index (χ0v) is 12.0. The van der Waals surface area contributed by atoms with E-state index in [1.54, 1.807) is 49.4 Å². The van der Waals surface area contributed by atoms with E-state index in [9.17, 15) is 14.9 Å². The van der Waals surface area contributed by atoms with Gasteiger partial charge in [0.1, 0.15) is 0 Å². The molecule has 0 aliphatic rings. The maximum atomic E-state index is 12.2. The van der Waals surface area contributed by atoms with Crippen molar-refractivity contribution in [3.63, 3.8) is 0 Å². The minimum absolute atomic E-state index is 0.0221. The average Bonchev–Trinajstić information content (AvgIpc) is 2.47. The van der Waals surface area contributed by atoms with Gasteiger partial charge in [0.2, 0.25) is 0 Å². The molecule has 2 rings (SSSR count). The summed E-state index contributed by atoms with van der Waals surface area (Å²) in [4.78, 5) is 22.3. The molecular weight excluding hydrogens is 290 g/mol. The van der Waals surface area contributed by atoms with Crippen molar-refractivity contribution in [3.8, 4) is 0 Å². The smallest absolute Gasteiger partial charge is 0.269 e. The molecule has 2 aromatic rings. The molecule has 4 nitrogen and oxygen atoms in total. The van der Waals surface area contributed by atoms with E-state index in [-0.39, 0.29) is 11.5 Å². The number of nitro groups is 1. The van der Waals surface area contributed by atoms with E-state index in [1.807, 2.05) is 0 Å². The summed E-state index contributed by atoms with van der Waals surface area (Å²) in [6.45, 7) is 1.71. The Bertz CT molecular complexity index is 703. The van der Waals surface area contributed by atoms with E-state index >= 15 is 0 Å². The van der Waals surface area contributed by atoms with Gasteiger partial charge < -0.3 is 0 Å². The van der Waals surface area contributed by atoms with Gasteiger partial charge in [0.15, 0.2) is 5.78 Å². The first-order valence-electron chi connectivity index (χ1n) is 6.20. The van der Waals surface area contributed by atoms with Crippen LogP contribution in [-0.2, 0) is 0 Å². The van der Waals surface area contributed by atoms with E-state index < -0.39 is 4.92 Å². The van der Waals surface area contributed by atoms with Gasteiger partial charge in [-0.15, -0.1) is 0 Å². The van der Waals surface area contributed by atoms with Gasteiger partial charge in [-0.3, -0.25) is 14.9 Å². The van der Waals surface area contributed by atoms with Crippen LogP contribution in [0, 0.1) is 10.1 Å². The third kappa shape index (κ3) is 3.77. The second-order valence-corrected chi connectivity index (χ2v) is 4.95. The number of halogens is 1. The van der Waals surface area contributed by atoms with Crippen molar-refractivity contribution in [3.05, 3.63) is 80.4 Å². The minimum Gasteiger partial charge on any atom is -0.289 e. The van der Waals surface area contributed by atoms with Crippen molar-refractivity contribution in [1.29, 1.82) is 0 Å². The fraction of sp³-hybridized carbons (Fsp3) is 0.0625. The molecule has 0 heterocycles. The zero-order chi connectivity index (χ0) is 15.4. The Morgan fingerprint density at radius 3 is 2.19 bits per heavy atom. The van der Waals surface area contributed by atoms with Crippen molar-refractivity contribution in [1.82, 2.24) is 0 Å². The van der Waals surface area contributed by atoms with Crippen LogP contribution in [0.4, 0.5) is 5.69 Å². The fourth-order valence-corrected chi connectivity index (χ4v) is 1.96. The van der Waals surface area contributed by atoms with Gasteiger partial charge >= 0.3 is 0 Å². The predicted molar refractivity (Wildman–Crippen MR) is 82.5 cm³/mol. The quantitative estimate of drug-likeness (QED) is 0.360. The van der Waals surface area contributed by atoms with E-state index in [1.165, 1.54) is 12.1 Å². The van der Waals surface area contributed by atoms with Crippen LogP contribution in [0.1, 0.15) is 22.8 Å². The molecule has 0 aliphatic heterocycles. The number of hydrogen-bond acceptors (Lipinski definition) is 3. The molecule has 0 aliphatic carbocycles. The second-order valence-electron chi connectivity index (χ2n) is 4.51. The van der Waals surface area contributed by atoms with Gasteiger partial charge in [-0.1, -0.05) is 11.6 Å². The summed E-state index contributed by atoms with van der Waals surface area (Å²) in [5.41, 5.74) is 1.86. The van der Waals surface area contributed by atoms with E-state index in [0.717, 1.165) is 5.56 Å². The first-order chi connectivity index (χ1) is 9.97. The van der Waals surface area contributed by atoms with Crippen molar-refractivity contribution >= 4 is 29.1 Å². The van der Waals surface area contributed by atoms with Crippen LogP contribution in [0.5, 0.6) is 0 Å². The molecule has 0 atom stereocenters. The van der Waals surface area contributed by atoms with Crippen LogP contribution >= 0.6 is 11.6 Å². The van der Waals surface area contributed by atoms with Crippen LogP contribution in [-0.4, -0.2) is 10.7 Å². The Morgan fingerprint density at radius 1 is 1.10 bits per heavy atom. The number of hydrogen-bond donors (Lipinski definition) is 0. The lowest BCUT2D eigenvalue weighted by molar-refractivity contribution is -0.384. The Labute approximate surface area is 126 Å². The number of Topliss-reactive ketones (excluding diaryl/α,β-unsaturated/α-hetero) is 1. The average molecular weight is 302 g/mol. The first-order valence-corrected chi connectivity index (χ1v) is 6.58. The third-order valence-electron chi connectivity index (χ3n) is 2.95. The van der Waals surface area contributed by atoms with Gasteiger partial charge in [-0.25, -0.2) is 0 Å². The molecule has 0 amide bonds. The van der Waals surface area contributed by atoms with Crippen LogP contribution in [0.15, 0.2) is 54.1 Å². The Hall–Kier alpha value is -2.46. The highest BCUT2D eigenvalue weighted by atomic mass is 35.5. The fourth-order valence-electron chi connectivity index (χ4n) is 1.84. The van der Waals surface area contributed by atoms with Gasteiger partial charge in [0, 0.05) is 22.7 Å². The third-order valence-corrected chi connectivity index (χ3v) is 3.20. The van der Waals surface area contributed by atoms with E-state index in [0.29, 0.717) is 16.2 Å². The van der Waals surface area contributed by atoms with Crippen LogP contribution in [0.3, 0.4) is 0 Å². The maximum absolute atomic E-state index is 12.2. The van der Waals surface area contributed by atoms with Gasteiger partial charge in [0.05, 0.1) is 4.92 Å². The van der Waals surface area contributed by atoms with Crippen molar-refractivity contribution in [2.75, 3.05) is 0 Å². The molecule has 5 heteroatoms. The van der Waals surface area contributed by atoms with Crippen molar-refractivity contribution in [2.24, 2.45) is 0 Å². The maximum Gasteiger partial charge on any atom is 0.269 e. The molecule has 0 fully saturated rings. The summed E-state index contributed by atoms with van der Waals surface area (Å²) in [6, 6.07) is 12.7. The lowest BCUT2D eigenvalue weighted by Crippen LogP contribution is -2.00. The van der Waals surface area contributed by atoms with Crippen LogP contribution < -0.4 is 0 Å². The highest BCUT2D eigenvalue weighted by molar-refractivity contribution is 6.30. The number of carbonyl (C=O) groups excluding carboxylic acids is 1. The first kappa shape index (κ1) is 14.9. The van der Waals surface area contributed by atoms with Gasteiger partial charge in [-0.05, 0) is 60.5 Å². The number of rotatable bonds is 4. The van der Waals surface area contributed by atoms with Crippen molar-refractivity contribution in [2.45, 2.75) is 6.92 Å². The number of carbonyl (C=O) groups is 1. The second kappa shape index (κ2) is 6.33. The summed E-state index contributed by atoms with van der Waals surface area (Å²) in [5.74, 6) is -0.106. The summed E-state index contributed by atoms with van der Waals surface area (Å²) >= 11 is 5.79. The zero-order valence-electron chi connectivity index (χ0n) is 11.2. The van der Waals surface area contributed by atoms with Crippen LogP contribution in [0.2, 0.25) is 5.02 Å². The molecule has 106 valence electrons. The highest BCUT2D eigenvalue weighted by Gasteiger charge is 2.09. The Balaban J connectivity index is 2.21. The summed E-state index contributed by atoms with van der Waals surface area (Å²) in [6.07, 6.45) is 1.70. The molecule has 0 unspecified atom stereocenters. The van der Waals surface area contributed by atoms with Crippen molar-refractivity contribution < 1.29 is 9.72 Å². The molecule has 0 aromatic heterocycles. The molecule has 0 saturated heterocycles. The lowest BCUT2D eigenvalue weighted by atomic mass is 10.0. The highest BCUT2D eigenvalue weighted by Crippen LogP contribution is 2.17. The summed E-state index contributed by atoms with van der Waals surface area (Å²) in [7, 11) is 0. The molecule has 0 saturated carbocycles. The van der Waals surface area contributed by atoms with E-state index in [2.05, 4.69) is 0 Å². The molecule has 0 bridgehead atoms. The molecular formula is C16H12ClNO3. The lowest BCUT2D eigenvalue weighted by Gasteiger charge is -2.02. The number of non-ortho nitro benzene ring substituents is 1. The Morgan fingerprint density at radius 2 is 1.67 bits per heavy atom. The molecule has 0 radical (unpaired) electrons. The monoisotopic (exact) mass is 301 g/mol. The standard InChI is InChI=1S/C16H12ClNO3/c1-11(16(19)13-4-6-14(17)7-5-13)10-12-2-8-15(9-3-12)18(20)21/h2-10H,1H3. The number of benzene rings is 2. The number of nitro benzene ring substituents is 1. The number of ketones is 1. The SMILES string of the molecule is CC(=Cc1ccc([N+](=O)[O-])cc1)C(=O)c1ccc(Cl)cc1.